The summed E-state index contributed by atoms with van der Waals surface area (Å²) < 4.78 is 11.8. The molecular weight excluding hydrogens is 460 g/mol. The second-order valence-corrected chi connectivity index (χ2v) is 11.6. The number of halogens is 1. The number of esters is 1. The molecule has 0 radical (unpaired) electrons. The first-order valence-corrected chi connectivity index (χ1v) is 13.0. The molecule has 4 aliphatic rings. The lowest BCUT2D eigenvalue weighted by molar-refractivity contribution is -0.150. The van der Waals surface area contributed by atoms with Gasteiger partial charge in [0.1, 0.15) is 12.4 Å². The van der Waals surface area contributed by atoms with E-state index < -0.39 is 6.10 Å². The predicted octanol–water partition coefficient (Wildman–Crippen LogP) is 4.59. The molecule has 3 fully saturated rings. The zero-order chi connectivity index (χ0) is 22.2. The third-order valence-corrected chi connectivity index (χ3v) is 9.61. The van der Waals surface area contributed by atoms with Gasteiger partial charge in [0.05, 0.1) is 17.0 Å². The van der Waals surface area contributed by atoms with Gasteiger partial charge in [-0.25, -0.2) is 0 Å². The van der Waals surface area contributed by atoms with E-state index >= 15 is 0 Å². The molecule has 1 N–H and O–H groups in total. The van der Waals surface area contributed by atoms with Crippen LogP contribution in [0, 0.1) is 29.1 Å². The number of fused-ring (bicyclic) bond motifs is 5. The number of carbonyl (C=O) groups is 2. The second-order valence-electron chi connectivity index (χ2n) is 10.4. The number of rotatable bonds is 7. The van der Waals surface area contributed by atoms with Crippen LogP contribution in [-0.4, -0.2) is 47.1 Å². The molecule has 0 aliphatic heterocycles. The number of hydrogen-bond donors (Lipinski definition) is 1. The highest BCUT2D eigenvalue weighted by Crippen LogP contribution is 2.62. The van der Waals surface area contributed by atoms with E-state index in [1.807, 2.05) is 0 Å². The van der Waals surface area contributed by atoms with Crippen LogP contribution < -0.4 is 0 Å². The lowest BCUT2D eigenvalue weighted by Crippen LogP contribution is -2.52. The van der Waals surface area contributed by atoms with Crippen molar-refractivity contribution in [2.24, 2.45) is 29.1 Å². The number of aliphatic hydroxyl groups excluding tert-OH is 1. The molecule has 0 bridgehead atoms. The third-order valence-electron chi connectivity index (χ3n) is 8.72. The summed E-state index contributed by atoms with van der Waals surface area (Å²) in [6.45, 7) is 4.62. The number of aldehydes is 1. The van der Waals surface area contributed by atoms with Crippen molar-refractivity contribution in [3.05, 3.63) is 11.6 Å². The van der Waals surface area contributed by atoms with Crippen LogP contribution in [0.5, 0.6) is 0 Å². The van der Waals surface area contributed by atoms with Crippen molar-refractivity contribution in [3.63, 3.8) is 0 Å². The average Bonchev–Trinajstić information content (AvgIpc) is 3.03. The van der Waals surface area contributed by atoms with Gasteiger partial charge in [-0.2, -0.15) is 0 Å². The molecule has 0 saturated heterocycles. The fourth-order valence-electron chi connectivity index (χ4n) is 7.28. The van der Waals surface area contributed by atoms with E-state index in [0.29, 0.717) is 30.8 Å². The smallest absolute Gasteiger partial charge is 0.302 e. The Morgan fingerprint density at radius 2 is 2.10 bits per heavy atom. The molecule has 0 aromatic rings. The maximum atomic E-state index is 11.6. The highest BCUT2D eigenvalue weighted by atomic mass is 79.9. The molecule has 6 heteroatoms. The maximum Gasteiger partial charge on any atom is 0.302 e. The van der Waals surface area contributed by atoms with Gasteiger partial charge in [-0.05, 0) is 74.5 Å². The van der Waals surface area contributed by atoms with E-state index in [9.17, 15) is 14.7 Å². The molecule has 4 unspecified atom stereocenters. The van der Waals surface area contributed by atoms with Crippen molar-refractivity contribution in [1.82, 2.24) is 0 Å². The zero-order valence-electron chi connectivity index (χ0n) is 18.8. The molecule has 3 saturated carbocycles. The van der Waals surface area contributed by atoms with Crippen molar-refractivity contribution in [2.75, 3.05) is 6.61 Å². The summed E-state index contributed by atoms with van der Waals surface area (Å²) in [6, 6.07) is 0. The Balaban J connectivity index is 1.45. The monoisotopic (exact) mass is 496 g/mol. The fraction of sp³-hybridized carbons (Fsp3) is 0.840. The average molecular weight is 497 g/mol. The highest BCUT2D eigenvalue weighted by Gasteiger charge is 2.59. The van der Waals surface area contributed by atoms with E-state index in [-0.39, 0.29) is 34.3 Å². The minimum absolute atomic E-state index is 0.0721. The highest BCUT2D eigenvalue weighted by molar-refractivity contribution is 9.09. The van der Waals surface area contributed by atoms with Crippen LogP contribution in [0.4, 0.5) is 0 Å². The maximum absolute atomic E-state index is 11.6. The van der Waals surface area contributed by atoms with Crippen LogP contribution in [0.15, 0.2) is 11.6 Å². The minimum atomic E-state index is -0.428. The second kappa shape index (κ2) is 9.64. The molecule has 0 aromatic carbocycles. The van der Waals surface area contributed by atoms with Gasteiger partial charge in [0, 0.05) is 25.9 Å². The Hall–Kier alpha value is -0.720. The van der Waals surface area contributed by atoms with Gasteiger partial charge in [0.15, 0.2) is 0 Å². The first-order valence-electron chi connectivity index (χ1n) is 12.1. The Morgan fingerprint density at radius 1 is 1.29 bits per heavy atom. The van der Waals surface area contributed by atoms with Crippen LogP contribution >= 0.6 is 15.9 Å². The first kappa shape index (κ1) is 23.4. The number of hydrogen-bond acceptors (Lipinski definition) is 5. The Bertz CT molecular complexity index is 708. The van der Waals surface area contributed by atoms with Crippen LogP contribution in [-0.2, 0) is 19.1 Å². The SMILES string of the molecule is CC(=O)O[C@H]1[C@H](Br)CC2C3C(O)C=C4C[C@@H](OCCCCC=O)CC[C@]4(C)C3CC[C@@H]21. The molecule has 31 heavy (non-hydrogen) atoms. The Morgan fingerprint density at radius 3 is 2.84 bits per heavy atom. The number of alkyl halides is 1. The summed E-state index contributed by atoms with van der Waals surface area (Å²) in [5, 5.41) is 11.2. The van der Waals surface area contributed by atoms with Crippen molar-refractivity contribution in [1.29, 1.82) is 0 Å². The predicted molar refractivity (Wildman–Crippen MR) is 122 cm³/mol. The molecule has 4 aliphatic carbocycles. The topological polar surface area (TPSA) is 72.8 Å². The normalized spacial score (nSPS) is 43.9. The van der Waals surface area contributed by atoms with Gasteiger partial charge in [-0.15, -0.1) is 0 Å². The molecule has 9 atom stereocenters. The molecule has 174 valence electrons. The van der Waals surface area contributed by atoms with E-state index in [2.05, 4.69) is 28.9 Å². The number of ether oxygens (including phenoxy) is 2. The van der Waals surface area contributed by atoms with Gasteiger partial charge in [-0.1, -0.05) is 34.5 Å². The zero-order valence-corrected chi connectivity index (χ0v) is 20.4. The largest absolute Gasteiger partial charge is 0.461 e. The Kier molecular flexibility index (Phi) is 7.29. The summed E-state index contributed by atoms with van der Waals surface area (Å²) in [5.74, 6) is 1.25. The van der Waals surface area contributed by atoms with Gasteiger partial charge in [-0.3, -0.25) is 4.79 Å². The first-order chi connectivity index (χ1) is 14.8. The number of aliphatic hydroxyl groups is 1. The summed E-state index contributed by atoms with van der Waals surface area (Å²) >= 11 is 3.78. The van der Waals surface area contributed by atoms with E-state index in [0.717, 1.165) is 57.7 Å². The molecule has 4 rings (SSSR count). The van der Waals surface area contributed by atoms with Gasteiger partial charge >= 0.3 is 5.97 Å². The van der Waals surface area contributed by atoms with Crippen LogP contribution in [0.3, 0.4) is 0 Å². The van der Waals surface area contributed by atoms with Crippen molar-refractivity contribution < 1.29 is 24.2 Å². The third kappa shape index (κ3) is 4.54. The fourth-order valence-corrected chi connectivity index (χ4v) is 8.21. The van der Waals surface area contributed by atoms with E-state index in [1.54, 1.807) is 0 Å². The summed E-state index contributed by atoms with van der Waals surface area (Å²) in [4.78, 5) is 22.3. The molecule has 0 spiro atoms. The van der Waals surface area contributed by atoms with E-state index in [1.165, 1.54) is 12.5 Å². The lowest BCUT2D eigenvalue weighted by atomic mass is 9.50. The molecular formula is C25H37BrO5. The van der Waals surface area contributed by atoms with E-state index in [4.69, 9.17) is 9.47 Å². The quantitative estimate of drug-likeness (QED) is 0.183. The summed E-state index contributed by atoms with van der Waals surface area (Å²) in [5.41, 5.74) is 1.52. The molecule has 0 aromatic heterocycles. The standard InChI is InChI=1S/C25H37BrO5/c1-15(28)31-24-18-6-7-20-23(19(18)14-21(24)26)22(29)13-16-12-17(8-9-25(16,20)2)30-11-5-3-4-10-27/h10,13,17-24,29H,3-9,11-12,14H2,1-2H3/t17-,18-,19?,20?,21+,22?,23?,24+,25-/m0/s1. The van der Waals surface area contributed by atoms with Crippen molar-refractivity contribution >= 4 is 28.2 Å². The van der Waals surface area contributed by atoms with Crippen molar-refractivity contribution in [2.45, 2.75) is 94.8 Å². The van der Waals surface area contributed by atoms with Gasteiger partial charge in [0.25, 0.3) is 0 Å². The Labute approximate surface area is 194 Å². The summed E-state index contributed by atoms with van der Waals surface area (Å²) in [6.07, 6.45) is 11.5. The van der Waals surface area contributed by atoms with Gasteiger partial charge < -0.3 is 19.4 Å². The summed E-state index contributed by atoms with van der Waals surface area (Å²) in [7, 11) is 0. The molecule has 0 heterocycles. The molecule has 0 amide bonds. The minimum Gasteiger partial charge on any atom is -0.461 e. The molecule has 5 nitrogen and oxygen atoms in total. The van der Waals surface area contributed by atoms with Crippen LogP contribution in [0.1, 0.15) is 71.6 Å². The van der Waals surface area contributed by atoms with Crippen molar-refractivity contribution in [3.8, 4) is 0 Å². The van der Waals surface area contributed by atoms with Crippen LogP contribution in [0.25, 0.3) is 0 Å². The van der Waals surface area contributed by atoms with Crippen LogP contribution in [0.2, 0.25) is 0 Å². The number of unbranched alkanes of at least 4 members (excludes halogenated alkanes) is 2. The lowest BCUT2D eigenvalue weighted by Gasteiger charge is -2.56. The van der Waals surface area contributed by atoms with Gasteiger partial charge in [0.2, 0.25) is 0 Å². The number of carbonyl (C=O) groups excluding carboxylic acids is 2.